The Labute approximate surface area is 120 Å². The van der Waals surface area contributed by atoms with Crippen molar-refractivity contribution in [3.8, 4) is 0 Å². The molecule has 0 unspecified atom stereocenters. The van der Waals surface area contributed by atoms with Gasteiger partial charge in [0.1, 0.15) is 11.6 Å². The minimum absolute atomic E-state index is 0.294. The molecule has 0 atom stereocenters. The van der Waals surface area contributed by atoms with Gasteiger partial charge in [0.25, 0.3) is 0 Å². The molecule has 7 heteroatoms. The van der Waals surface area contributed by atoms with Gasteiger partial charge in [-0.1, -0.05) is 6.07 Å². The molecule has 0 aliphatic heterocycles. The van der Waals surface area contributed by atoms with Gasteiger partial charge in [-0.3, -0.25) is 0 Å². The summed E-state index contributed by atoms with van der Waals surface area (Å²) in [5.41, 5.74) is 1.17. The van der Waals surface area contributed by atoms with E-state index in [1.165, 1.54) is 17.6 Å². The summed E-state index contributed by atoms with van der Waals surface area (Å²) in [6, 6.07) is 4.66. The first-order valence-corrected chi connectivity index (χ1v) is 6.94. The number of nitrogens with one attached hydrogen (secondary N) is 1. The van der Waals surface area contributed by atoms with Crippen molar-refractivity contribution in [2.24, 2.45) is 0 Å². The van der Waals surface area contributed by atoms with E-state index in [9.17, 15) is 4.39 Å². The lowest BCUT2D eigenvalue weighted by molar-refractivity contribution is 0.201. The number of hydrogen-bond acceptors (Lipinski definition) is 6. The highest BCUT2D eigenvalue weighted by Gasteiger charge is 2.05. The van der Waals surface area contributed by atoms with Crippen LogP contribution in [0.3, 0.4) is 0 Å². The highest BCUT2D eigenvalue weighted by atomic mass is 32.1. The summed E-state index contributed by atoms with van der Waals surface area (Å²) in [6.07, 6.45) is 0.680. The molecule has 0 amide bonds. The number of halogens is 1. The Morgan fingerprint density at radius 1 is 1.45 bits per heavy atom. The van der Waals surface area contributed by atoms with Crippen LogP contribution in [0.4, 0.5) is 9.52 Å². The fourth-order valence-corrected chi connectivity index (χ4v) is 2.26. The molecular weight excluding hydrogens is 281 g/mol. The number of rotatable bonds is 7. The summed E-state index contributed by atoms with van der Waals surface area (Å²) in [5, 5.41) is 12.9. The maximum Gasteiger partial charge on any atom is 0.202 e. The van der Waals surface area contributed by atoms with Crippen molar-refractivity contribution in [1.29, 1.82) is 0 Å². The lowest BCUT2D eigenvalue weighted by Crippen LogP contribution is -2.02. The molecule has 1 aromatic carbocycles. The zero-order chi connectivity index (χ0) is 14.4. The number of anilines is 1. The number of methoxy groups -OCH3 is 1. The van der Waals surface area contributed by atoms with Gasteiger partial charge in [0, 0.05) is 37.2 Å². The van der Waals surface area contributed by atoms with Crippen molar-refractivity contribution in [2.45, 2.75) is 19.6 Å². The Morgan fingerprint density at radius 3 is 3.05 bits per heavy atom. The monoisotopic (exact) mass is 297 g/mol. The van der Waals surface area contributed by atoms with E-state index in [1.54, 1.807) is 19.2 Å². The zero-order valence-electron chi connectivity index (χ0n) is 11.1. The molecule has 0 spiro atoms. The van der Waals surface area contributed by atoms with Crippen LogP contribution in [0.15, 0.2) is 18.2 Å². The standard InChI is InChI=1S/C13H16FN3O2S/c1-19-5-4-12-16-13(20-17-12)15-7-9-2-3-11(14)10(6-9)8-18/h2-3,6,18H,4-5,7-8H2,1H3,(H,15,16,17). The van der Waals surface area contributed by atoms with Crippen molar-refractivity contribution in [3.05, 3.63) is 41.0 Å². The maximum absolute atomic E-state index is 13.2. The van der Waals surface area contributed by atoms with Gasteiger partial charge in [-0.2, -0.15) is 4.37 Å². The summed E-state index contributed by atoms with van der Waals surface area (Å²) in [6.45, 7) is 0.792. The molecule has 108 valence electrons. The highest BCUT2D eigenvalue weighted by Crippen LogP contribution is 2.15. The Balaban J connectivity index is 1.93. The second kappa shape index (κ2) is 7.28. The number of nitrogens with zero attached hydrogens (tertiary/aromatic N) is 2. The molecule has 0 aliphatic carbocycles. The summed E-state index contributed by atoms with van der Waals surface area (Å²) in [4.78, 5) is 4.32. The smallest absolute Gasteiger partial charge is 0.202 e. The minimum atomic E-state index is -0.394. The fraction of sp³-hybridized carbons (Fsp3) is 0.385. The van der Waals surface area contributed by atoms with Gasteiger partial charge < -0.3 is 15.2 Å². The molecule has 0 fully saturated rings. The number of benzene rings is 1. The van der Waals surface area contributed by atoms with Crippen LogP contribution in [0.25, 0.3) is 0 Å². The van der Waals surface area contributed by atoms with Crippen molar-refractivity contribution < 1.29 is 14.2 Å². The lowest BCUT2D eigenvalue weighted by Gasteiger charge is -2.05. The average molecular weight is 297 g/mol. The number of ether oxygens (including phenoxy) is 1. The quantitative estimate of drug-likeness (QED) is 0.818. The van der Waals surface area contributed by atoms with E-state index in [1.807, 2.05) is 0 Å². The van der Waals surface area contributed by atoms with Crippen LogP contribution in [0.2, 0.25) is 0 Å². The summed E-state index contributed by atoms with van der Waals surface area (Å²) in [7, 11) is 1.64. The second-order valence-corrected chi connectivity index (χ2v) is 4.95. The minimum Gasteiger partial charge on any atom is -0.392 e. The van der Waals surface area contributed by atoms with Crippen LogP contribution in [0, 0.1) is 5.82 Å². The number of aliphatic hydroxyl groups is 1. The van der Waals surface area contributed by atoms with Crippen LogP contribution in [-0.4, -0.2) is 28.2 Å². The molecule has 1 aromatic heterocycles. The van der Waals surface area contributed by atoms with Gasteiger partial charge >= 0.3 is 0 Å². The van der Waals surface area contributed by atoms with E-state index in [0.29, 0.717) is 30.3 Å². The number of aromatic nitrogens is 2. The third kappa shape index (κ3) is 3.96. The molecule has 5 nitrogen and oxygen atoms in total. The Morgan fingerprint density at radius 2 is 2.30 bits per heavy atom. The maximum atomic E-state index is 13.2. The third-order valence-corrected chi connectivity index (χ3v) is 3.43. The predicted octanol–water partition coefficient (Wildman–Crippen LogP) is 1.97. The van der Waals surface area contributed by atoms with E-state index in [4.69, 9.17) is 9.84 Å². The number of hydrogen-bond donors (Lipinski definition) is 2. The van der Waals surface area contributed by atoms with Gasteiger partial charge in [-0.15, -0.1) is 0 Å². The van der Waals surface area contributed by atoms with Crippen LogP contribution in [-0.2, 0) is 24.3 Å². The molecule has 20 heavy (non-hydrogen) atoms. The van der Waals surface area contributed by atoms with Gasteiger partial charge in [0.15, 0.2) is 0 Å². The highest BCUT2D eigenvalue weighted by molar-refractivity contribution is 7.09. The molecule has 0 bridgehead atoms. The lowest BCUT2D eigenvalue weighted by atomic mass is 10.1. The van der Waals surface area contributed by atoms with E-state index < -0.39 is 5.82 Å². The molecule has 0 saturated heterocycles. The van der Waals surface area contributed by atoms with Gasteiger partial charge in [-0.05, 0) is 17.7 Å². The van der Waals surface area contributed by atoms with E-state index in [0.717, 1.165) is 11.4 Å². The first-order chi connectivity index (χ1) is 9.72. The van der Waals surface area contributed by atoms with Crippen molar-refractivity contribution in [2.75, 3.05) is 19.0 Å². The molecule has 0 saturated carbocycles. The van der Waals surface area contributed by atoms with Crippen LogP contribution < -0.4 is 5.32 Å². The van der Waals surface area contributed by atoms with Gasteiger partial charge in [0.2, 0.25) is 5.13 Å². The molecule has 0 radical (unpaired) electrons. The Bertz CT molecular complexity index is 562. The van der Waals surface area contributed by atoms with E-state index in [-0.39, 0.29) is 6.61 Å². The largest absolute Gasteiger partial charge is 0.392 e. The normalized spacial score (nSPS) is 10.8. The van der Waals surface area contributed by atoms with Gasteiger partial charge in [0.05, 0.1) is 13.2 Å². The van der Waals surface area contributed by atoms with E-state index >= 15 is 0 Å². The first kappa shape index (κ1) is 14.8. The van der Waals surface area contributed by atoms with Crippen molar-refractivity contribution in [3.63, 3.8) is 0 Å². The Kier molecular flexibility index (Phi) is 5.40. The summed E-state index contributed by atoms with van der Waals surface area (Å²) in [5.74, 6) is 0.350. The zero-order valence-corrected chi connectivity index (χ0v) is 11.9. The SMILES string of the molecule is COCCc1nsc(NCc2ccc(F)c(CO)c2)n1. The molecule has 0 aliphatic rings. The topological polar surface area (TPSA) is 67.3 Å². The summed E-state index contributed by atoms with van der Waals surface area (Å²) >= 11 is 1.28. The number of aliphatic hydroxyl groups excluding tert-OH is 1. The third-order valence-electron chi connectivity index (χ3n) is 2.72. The van der Waals surface area contributed by atoms with Crippen LogP contribution in [0.1, 0.15) is 17.0 Å². The second-order valence-electron chi connectivity index (χ2n) is 4.20. The van der Waals surface area contributed by atoms with Crippen molar-refractivity contribution >= 4 is 16.7 Å². The Hall–Kier alpha value is -1.57. The van der Waals surface area contributed by atoms with Crippen LogP contribution >= 0.6 is 11.5 Å². The molecular formula is C13H16FN3O2S. The molecule has 2 aromatic rings. The molecule has 2 rings (SSSR count). The van der Waals surface area contributed by atoms with E-state index in [2.05, 4.69) is 14.7 Å². The molecule has 1 heterocycles. The van der Waals surface area contributed by atoms with Crippen LogP contribution in [0.5, 0.6) is 0 Å². The van der Waals surface area contributed by atoms with Crippen molar-refractivity contribution in [1.82, 2.24) is 9.36 Å². The predicted molar refractivity (Wildman–Crippen MR) is 75.1 cm³/mol. The fourth-order valence-electron chi connectivity index (χ4n) is 1.66. The summed E-state index contributed by atoms with van der Waals surface area (Å²) < 4.78 is 22.4. The molecule has 2 N–H and O–H groups in total. The van der Waals surface area contributed by atoms with Gasteiger partial charge in [-0.25, -0.2) is 9.37 Å². The first-order valence-electron chi connectivity index (χ1n) is 6.16. The average Bonchev–Trinajstić information content (AvgIpc) is 2.92.